The van der Waals surface area contributed by atoms with Gasteiger partial charge in [0.05, 0.1) is 18.1 Å². The van der Waals surface area contributed by atoms with E-state index in [9.17, 15) is 9.59 Å². The van der Waals surface area contributed by atoms with Crippen LogP contribution in [0.15, 0.2) is 81.0 Å². The zero-order valence-corrected chi connectivity index (χ0v) is 19.3. The summed E-state index contributed by atoms with van der Waals surface area (Å²) in [7, 11) is 1.40. The molecule has 0 unspecified atom stereocenters. The summed E-state index contributed by atoms with van der Waals surface area (Å²) in [6.07, 6.45) is 6.13. The number of allylic oxidation sites excluding steroid dienone is 3. The highest BCUT2D eigenvalue weighted by Gasteiger charge is 2.22. The molecule has 172 valence electrons. The van der Waals surface area contributed by atoms with Gasteiger partial charge in [0.2, 0.25) is 0 Å². The normalized spacial score (nSPS) is 11.2. The molecule has 1 heterocycles. The van der Waals surface area contributed by atoms with E-state index in [0.717, 1.165) is 12.8 Å². The maximum Gasteiger partial charge on any atom is 0.383 e. The summed E-state index contributed by atoms with van der Waals surface area (Å²) in [6.45, 7) is 6.55. The third-order valence-electron chi connectivity index (χ3n) is 4.98. The van der Waals surface area contributed by atoms with Crippen molar-refractivity contribution in [1.29, 1.82) is 0 Å². The van der Waals surface area contributed by atoms with Crippen molar-refractivity contribution in [2.24, 2.45) is 0 Å². The number of ether oxygens (including phenoxy) is 3. The van der Waals surface area contributed by atoms with Gasteiger partial charge < -0.3 is 18.6 Å². The van der Waals surface area contributed by atoms with Gasteiger partial charge in [0, 0.05) is 0 Å². The summed E-state index contributed by atoms with van der Waals surface area (Å²) in [5.74, 6) is -0.464. The van der Waals surface area contributed by atoms with Crippen molar-refractivity contribution < 1.29 is 23.4 Å². The molecule has 0 aliphatic carbocycles. The van der Waals surface area contributed by atoms with Crippen molar-refractivity contribution in [2.45, 2.75) is 33.6 Å². The second-order valence-corrected chi connectivity index (χ2v) is 7.82. The number of fused-ring (bicyclic) bond motifs is 1. The van der Waals surface area contributed by atoms with Crippen LogP contribution in [0.5, 0.6) is 17.2 Å². The standard InChI is InChI=1S/C27H28O6/c1-18(2)10-8-11-19(3)16-17-31-22-15-9-14-21-23(22)32-27(29)25(24(21)30-4)33-26(28)20-12-6-5-7-13-20/h5-7,9-10,12-16H,8,11,17H2,1-4H3. The Morgan fingerprint density at radius 2 is 1.73 bits per heavy atom. The predicted octanol–water partition coefficient (Wildman–Crippen LogP) is 6.09. The van der Waals surface area contributed by atoms with Crippen LogP contribution in [0.1, 0.15) is 44.0 Å². The highest BCUT2D eigenvalue weighted by Crippen LogP contribution is 2.36. The fourth-order valence-corrected chi connectivity index (χ4v) is 3.25. The van der Waals surface area contributed by atoms with E-state index in [-0.39, 0.29) is 17.1 Å². The third kappa shape index (κ3) is 6.13. The predicted molar refractivity (Wildman–Crippen MR) is 128 cm³/mol. The molecule has 3 rings (SSSR count). The van der Waals surface area contributed by atoms with Gasteiger partial charge in [-0.1, -0.05) is 41.5 Å². The number of carbonyl (C=O) groups is 1. The van der Waals surface area contributed by atoms with Gasteiger partial charge in [-0.15, -0.1) is 0 Å². The van der Waals surface area contributed by atoms with Crippen LogP contribution in [0, 0.1) is 0 Å². The van der Waals surface area contributed by atoms with Gasteiger partial charge in [0.1, 0.15) is 6.61 Å². The Morgan fingerprint density at radius 3 is 2.42 bits per heavy atom. The lowest BCUT2D eigenvalue weighted by molar-refractivity contribution is 0.0723. The van der Waals surface area contributed by atoms with Crippen molar-refractivity contribution in [1.82, 2.24) is 0 Å². The van der Waals surface area contributed by atoms with Crippen molar-refractivity contribution >= 4 is 16.9 Å². The SMILES string of the molecule is COc1c(OC(=O)c2ccccc2)c(=O)oc2c(OCC=C(C)CCC=C(C)C)cccc12. The maximum atomic E-state index is 12.7. The summed E-state index contributed by atoms with van der Waals surface area (Å²) < 4.78 is 22.1. The first kappa shape index (κ1) is 23.9. The summed E-state index contributed by atoms with van der Waals surface area (Å²) >= 11 is 0. The van der Waals surface area contributed by atoms with Crippen LogP contribution in [-0.2, 0) is 0 Å². The van der Waals surface area contributed by atoms with Crippen molar-refractivity contribution in [3.63, 3.8) is 0 Å². The molecule has 0 radical (unpaired) electrons. The summed E-state index contributed by atoms with van der Waals surface area (Å²) in [5, 5.41) is 0.467. The second-order valence-electron chi connectivity index (χ2n) is 7.82. The molecule has 1 aromatic heterocycles. The molecule has 0 bridgehead atoms. The highest BCUT2D eigenvalue weighted by atomic mass is 16.6. The number of methoxy groups -OCH3 is 1. The quantitative estimate of drug-likeness (QED) is 0.224. The molecule has 0 saturated carbocycles. The number of benzene rings is 2. The molecule has 0 amide bonds. The van der Waals surface area contributed by atoms with Gasteiger partial charge in [0.25, 0.3) is 5.75 Å². The van der Waals surface area contributed by atoms with E-state index in [1.54, 1.807) is 48.5 Å². The third-order valence-corrected chi connectivity index (χ3v) is 4.98. The molecule has 0 aliphatic rings. The van der Waals surface area contributed by atoms with Gasteiger partial charge in [-0.05, 0) is 64.0 Å². The summed E-state index contributed by atoms with van der Waals surface area (Å²) in [5.41, 5.74) is 2.22. The van der Waals surface area contributed by atoms with Gasteiger partial charge in [-0.3, -0.25) is 0 Å². The average Bonchev–Trinajstić information content (AvgIpc) is 2.80. The second kappa shape index (κ2) is 11.2. The zero-order chi connectivity index (χ0) is 23.8. The van der Waals surface area contributed by atoms with Gasteiger partial charge in [-0.2, -0.15) is 0 Å². The van der Waals surface area contributed by atoms with Crippen LogP contribution in [0.2, 0.25) is 0 Å². The number of hydrogen-bond acceptors (Lipinski definition) is 6. The molecule has 0 fully saturated rings. The molecule has 0 aliphatic heterocycles. The monoisotopic (exact) mass is 448 g/mol. The van der Waals surface area contributed by atoms with Gasteiger partial charge in [0.15, 0.2) is 17.1 Å². The molecule has 0 atom stereocenters. The van der Waals surface area contributed by atoms with E-state index in [0.29, 0.717) is 23.3 Å². The van der Waals surface area contributed by atoms with Crippen LogP contribution in [0.25, 0.3) is 11.0 Å². The van der Waals surface area contributed by atoms with E-state index >= 15 is 0 Å². The smallest absolute Gasteiger partial charge is 0.383 e. The lowest BCUT2D eigenvalue weighted by atomic mass is 10.1. The van der Waals surface area contributed by atoms with Crippen LogP contribution in [0.3, 0.4) is 0 Å². The van der Waals surface area contributed by atoms with Crippen molar-refractivity contribution in [3.8, 4) is 17.2 Å². The number of rotatable bonds is 9. The maximum absolute atomic E-state index is 12.7. The Balaban J connectivity index is 1.85. The fraction of sp³-hybridized carbons (Fsp3) is 0.259. The fourth-order valence-electron chi connectivity index (χ4n) is 3.25. The first-order chi connectivity index (χ1) is 15.9. The molecule has 33 heavy (non-hydrogen) atoms. The number of carbonyl (C=O) groups excluding carboxylic acids is 1. The first-order valence-corrected chi connectivity index (χ1v) is 10.7. The topological polar surface area (TPSA) is 75.0 Å². The van der Waals surface area contributed by atoms with E-state index in [1.807, 2.05) is 6.08 Å². The Bertz CT molecular complexity index is 1230. The number of para-hydroxylation sites is 1. The van der Waals surface area contributed by atoms with E-state index in [2.05, 4.69) is 26.8 Å². The molecule has 3 aromatic rings. The Hall–Kier alpha value is -3.80. The van der Waals surface area contributed by atoms with Gasteiger partial charge in [-0.25, -0.2) is 9.59 Å². The lowest BCUT2D eigenvalue weighted by Crippen LogP contribution is -2.15. The zero-order valence-electron chi connectivity index (χ0n) is 19.3. The molecule has 0 spiro atoms. The molecular formula is C27H28O6. The molecule has 6 heteroatoms. The molecule has 0 N–H and O–H groups in total. The number of hydrogen-bond donors (Lipinski definition) is 0. The minimum Gasteiger partial charge on any atom is -0.492 e. The van der Waals surface area contributed by atoms with Crippen molar-refractivity contribution in [3.05, 3.63) is 87.8 Å². The molecule has 2 aromatic carbocycles. The number of esters is 1. The summed E-state index contributed by atoms with van der Waals surface area (Å²) in [6, 6.07) is 13.6. The van der Waals surface area contributed by atoms with E-state index in [1.165, 1.54) is 18.3 Å². The largest absolute Gasteiger partial charge is 0.492 e. The van der Waals surface area contributed by atoms with E-state index < -0.39 is 11.6 Å². The van der Waals surface area contributed by atoms with E-state index in [4.69, 9.17) is 18.6 Å². The Labute approximate surface area is 193 Å². The summed E-state index contributed by atoms with van der Waals surface area (Å²) in [4.78, 5) is 25.2. The molecular weight excluding hydrogens is 420 g/mol. The Kier molecular flexibility index (Phi) is 8.08. The highest BCUT2D eigenvalue weighted by molar-refractivity contribution is 5.94. The van der Waals surface area contributed by atoms with Crippen LogP contribution in [0.4, 0.5) is 0 Å². The first-order valence-electron chi connectivity index (χ1n) is 10.7. The van der Waals surface area contributed by atoms with Crippen molar-refractivity contribution in [2.75, 3.05) is 13.7 Å². The van der Waals surface area contributed by atoms with Crippen LogP contribution >= 0.6 is 0 Å². The molecule has 0 saturated heterocycles. The minimum absolute atomic E-state index is 0.115. The lowest BCUT2D eigenvalue weighted by Gasteiger charge is -2.12. The van der Waals surface area contributed by atoms with Gasteiger partial charge >= 0.3 is 11.6 Å². The Morgan fingerprint density at radius 1 is 0.970 bits per heavy atom. The average molecular weight is 449 g/mol. The van der Waals surface area contributed by atoms with Crippen LogP contribution < -0.4 is 19.8 Å². The molecule has 6 nitrogen and oxygen atoms in total. The van der Waals surface area contributed by atoms with Crippen LogP contribution in [-0.4, -0.2) is 19.7 Å². The minimum atomic E-state index is -0.826.